The fourth-order valence-corrected chi connectivity index (χ4v) is 3.37. The number of aliphatic imine (C=N–C) groups is 1. The van der Waals surface area contributed by atoms with Gasteiger partial charge in [-0.1, -0.05) is 0 Å². The Kier molecular flexibility index (Phi) is 4.83. The molecule has 0 spiro atoms. The molecule has 1 heterocycles. The lowest BCUT2D eigenvalue weighted by atomic mass is 9.84. The van der Waals surface area contributed by atoms with Crippen LogP contribution in [-0.2, 0) is 15.0 Å². The van der Waals surface area contributed by atoms with Crippen LogP contribution < -0.4 is 11.1 Å². The zero-order chi connectivity index (χ0) is 19.1. The maximum absolute atomic E-state index is 14.5. The third kappa shape index (κ3) is 3.11. The lowest BCUT2D eigenvalue weighted by Gasteiger charge is -2.33. The number of alkyl halides is 2. The van der Waals surface area contributed by atoms with Crippen molar-refractivity contribution in [2.45, 2.75) is 37.5 Å². The number of methoxy groups -OCH3 is 1. The number of rotatable bonds is 6. The van der Waals surface area contributed by atoms with Gasteiger partial charge in [0.25, 0.3) is 18.4 Å². The van der Waals surface area contributed by atoms with E-state index in [-0.39, 0.29) is 23.8 Å². The molecule has 142 valence electrons. The molecular formula is C17H20F3N3O3. The third-order valence-electron chi connectivity index (χ3n) is 4.65. The van der Waals surface area contributed by atoms with E-state index in [1.54, 1.807) is 6.92 Å². The highest BCUT2D eigenvalue weighted by atomic mass is 19.3. The lowest BCUT2D eigenvalue weighted by Crippen LogP contribution is -2.43. The molecule has 0 aromatic heterocycles. The maximum atomic E-state index is 14.5. The normalized spacial score (nSPS) is 28.0. The third-order valence-corrected chi connectivity index (χ3v) is 4.65. The number of ether oxygens (including phenoxy) is 2. The van der Waals surface area contributed by atoms with Gasteiger partial charge >= 0.3 is 0 Å². The van der Waals surface area contributed by atoms with Crippen molar-refractivity contribution in [3.8, 4) is 0 Å². The Morgan fingerprint density at radius 1 is 1.54 bits per heavy atom. The van der Waals surface area contributed by atoms with Crippen molar-refractivity contribution < 1.29 is 27.4 Å². The number of nitrogens with one attached hydrogen (secondary N) is 1. The molecule has 1 amide bonds. The zero-order valence-electron chi connectivity index (χ0n) is 14.3. The van der Waals surface area contributed by atoms with Gasteiger partial charge in [-0.05, 0) is 31.5 Å². The van der Waals surface area contributed by atoms with Crippen LogP contribution in [0.15, 0.2) is 23.2 Å². The van der Waals surface area contributed by atoms with Gasteiger partial charge < -0.3 is 20.5 Å². The summed E-state index contributed by atoms with van der Waals surface area (Å²) in [7, 11) is 1.49. The molecule has 4 atom stereocenters. The monoisotopic (exact) mass is 371 g/mol. The second-order valence-electron chi connectivity index (χ2n) is 6.60. The van der Waals surface area contributed by atoms with Crippen molar-refractivity contribution in [1.82, 2.24) is 5.32 Å². The number of amidine groups is 1. The Morgan fingerprint density at radius 3 is 2.92 bits per heavy atom. The van der Waals surface area contributed by atoms with Gasteiger partial charge in [0.15, 0.2) is 5.54 Å². The Balaban J connectivity index is 1.99. The van der Waals surface area contributed by atoms with E-state index in [1.165, 1.54) is 13.2 Å². The van der Waals surface area contributed by atoms with Crippen molar-refractivity contribution in [3.05, 3.63) is 35.1 Å². The summed E-state index contributed by atoms with van der Waals surface area (Å²) in [6, 6.07) is 2.66. The van der Waals surface area contributed by atoms with Crippen LogP contribution >= 0.6 is 0 Å². The molecule has 1 aliphatic heterocycles. The summed E-state index contributed by atoms with van der Waals surface area (Å²) >= 11 is 0. The minimum Gasteiger partial charge on any atom is -0.462 e. The number of hydrogen-bond donors (Lipinski definition) is 2. The maximum Gasteiger partial charge on any atom is 0.283 e. The van der Waals surface area contributed by atoms with E-state index < -0.39 is 41.7 Å². The molecule has 0 radical (unpaired) electrons. The van der Waals surface area contributed by atoms with Crippen molar-refractivity contribution >= 4 is 11.9 Å². The predicted molar refractivity (Wildman–Crippen MR) is 87.5 cm³/mol. The van der Waals surface area contributed by atoms with Gasteiger partial charge in [-0.15, -0.1) is 0 Å². The first-order valence-electron chi connectivity index (χ1n) is 8.19. The summed E-state index contributed by atoms with van der Waals surface area (Å²) in [6.45, 7) is 2.01. The molecule has 2 aliphatic rings. The van der Waals surface area contributed by atoms with Crippen LogP contribution in [0.2, 0.25) is 0 Å². The number of benzene rings is 1. The van der Waals surface area contributed by atoms with E-state index in [0.717, 1.165) is 12.1 Å². The van der Waals surface area contributed by atoms with Gasteiger partial charge in [-0.3, -0.25) is 4.79 Å². The number of fused-ring (bicyclic) bond motifs is 1. The number of halogens is 3. The molecule has 1 saturated carbocycles. The molecule has 0 bridgehead atoms. The number of nitrogens with zero attached hydrogens (tertiary/aromatic N) is 1. The Morgan fingerprint density at radius 2 is 2.27 bits per heavy atom. The standard InChI is InChI=1S/C17H20F3N3O3/c1-8(7-25-2)22-14(24)9-3-4-12(18)10(5-9)17(15(19)20)11-6-13(11)26-16(21)23-17/h3-5,8,11,13,15H,6-7H2,1-2H3,(H2,21,23)(H,22,24)/t8-,11-,13+,17+/m0/s1. The van der Waals surface area contributed by atoms with Crippen LogP contribution in [-0.4, -0.2) is 44.2 Å². The second-order valence-corrected chi connectivity index (χ2v) is 6.60. The molecular weight excluding hydrogens is 351 g/mol. The summed E-state index contributed by atoms with van der Waals surface area (Å²) in [5.41, 5.74) is 3.09. The van der Waals surface area contributed by atoms with E-state index in [4.69, 9.17) is 15.2 Å². The van der Waals surface area contributed by atoms with Gasteiger partial charge in [-0.2, -0.15) is 0 Å². The highest BCUT2D eigenvalue weighted by Crippen LogP contribution is 2.56. The topological polar surface area (TPSA) is 85.9 Å². The number of carbonyl (C=O) groups is 1. The molecule has 3 rings (SSSR count). The number of hydrogen-bond acceptors (Lipinski definition) is 5. The molecule has 0 unspecified atom stereocenters. The Bertz CT molecular complexity index is 743. The highest BCUT2D eigenvalue weighted by molar-refractivity contribution is 5.94. The summed E-state index contributed by atoms with van der Waals surface area (Å²) in [4.78, 5) is 16.1. The minimum atomic E-state index is -3.00. The van der Waals surface area contributed by atoms with Crippen LogP contribution in [0.25, 0.3) is 0 Å². The van der Waals surface area contributed by atoms with E-state index >= 15 is 0 Å². The number of amides is 1. The molecule has 6 nitrogen and oxygen atoms in total. The average Bonchev–Trinajstić information content (AvgIpc) is 3.33. The van der Waals surface area contributed by atoms with Crippen molar-refractivity contribution in [3.63, 3.8) is 0 Å². The molecule has 1 aliphatic carbocycles. The van der Waals surface area contributed by atoms with Gasteiger partial charge in [0.2, 0.25) is 0 Å². The summed E-state index contributed by atoms with van der Waals surface area (Å²) in [5.74, 6) is -2.07. The predicted octanol–water partition coefficient (Wildman–Crippen LogP) is 1.78. The highest BCUT2D eigenvalue weighted by Gasteiger charge is 2.64. The molecule has 0 saturated heterocycles. The first-order valence-corrected chi connectivity index (χ1v) is 8.19. The summed E-state index contributed by atoms with van der Waals surface area (Å²) in [5, 5.41) is 2.66. The Hall–Kier alpha value is -2.29. The fraction of sp³-hybridized carbons (Fsp3) is 0.529. The minimum absolute atomic E-state index is 0.0573. The zero-order valence-corrected chi connectivity index (χ0v) is 14.3. The Labute approximate surface area is 148 Å². The van der Waals surface area contributed by atoms with Crippen molar-refractivity contribution in [1.29, 1.82) is 0 Å². The van der Waals surface area contributed by atoms with Gasteiger partial charge in [0, 0.05) is 30.2 Å². The van der Waals surface area contributed by atoms with Crippen molar-refractivity contribution in [2.24, 2.45) is 16.6 Å². The molecule has 1 fully saturated rings. The van der Waals surface area contributed by atoms with Crippen molar-refractivity contribution in [2.75, 3.05) is 13.7 Å². The van der Waals surface area contributed by atoms with Crippen LogP contribution in [0.1, 0.15) is 29.3 Å². The van der Waals surface area contributed by atoms with E-state index in [1.807, 2.05) is 0 Å². The molecule has 3 N–H and O–H groups in total. The second kappa shape index (κ2) is 6.79. The van der Waals surface area contributed by atoms with E-state index in [9.17, 15) is 18.0 Å². The summed E-state index contributed by atoms with van der Waals surface area (Å²) in [6.07, 6.45) is -3.21. The van der Waals surface area contributed by atoms with Gasteiger partial charge in [0.1, 0.15) is 11.9 Å². The van der Waals surface area contributed by atoms with Crippen LogP contribution in [0.5, 0.6) is 0 Å². The number of nitrogens with two attached hydrogens (primary N) is 1. The molecule has 1 aromatic rings. The smallest absolute Gasteiger partial charge is 0.283 e. The summed E-state index contributed by atoms with van der Waals surface area (Å²) < 4.78 is 52.7. The van der Waals surface area contributed by atoms with Gasteiger partial charge in [0.05, 0.1) is 6.61 Å². The quantitative estimate of drug-likeness (QED) is 0.798. The first kappa shape index (κ1) is 18.5. The SMILES string of the molecule is COC[C@H](C)NC(=O)c1ccc(F)c([C@@]2(C(F)F)N=C(N)O[C@@H]3C[C@@H]32)c1. The van der Waals surface area contributed by atoms with Gasteiger partial charge in [-0.25, -0.2) is 18.2 Å². The molecule has 1 aromatic carbocycles. The van der Waals surface area contributed by atoms with Crippen LogP contribution in [0.4, 0.5) is 13.2 Å². The van der Waals surface area contributed by atoms with E-state index in [0.29, 0.717) is 6.42 Å². The van der Waals surface area contributed by atoms with Crippen LogP contribution in [0.3, 0.4) is 0 Å². The first-order chi connectivity index (χ1) is 12.3. The van der Waals surface area contributed by atoms with Crippen LogP contribution in [0, 0.1) is 11.7 Å². The molecule has 9 heteroatoms. The number of carbonyl (C=O) groups excluding carboxylic acids is 1. The lowest BCUT2D eigenvalue weighted by molar-refractivity contribution is 0.0176. The average molecular weight is 371 g/mol. The molecule has 26 heavy (non-hydrogen) atoms. The fourth-order valence-electron chi connectivity index (χ4n) is 3.37. The van der Waals surface area contributed by atoms with E-state index in [2.05, 4.69) is 10.3 Å². The largest absolute Gasteiger partial charge is 0.462 e.